The van der Waals surface area contributed by atoms with Crippen molar-refractivity contribution in [2.24, 2.45) is 5.92 Å². The van der Waals surface area contributed by atoms with Gasteiger partial charge in [-0.2, -0.15) is 0 Å². The van der Waals surface area contributed by atoms with Gasteiger partial charge in [0.15, 0.2) is 0 Å². The summed E-state index contributed by atoms with van der Waals surface area (Å²) in [6.45, 7) is 7.54. The Balaban J connectivity index is 2.00. The minimum Gasteiger partial charge on any atom is -0.310 e. The van der Waals surface area contributed by atoms with Gasteiger partial charge in [0.05, 0.1) is 0 Å². The molecule has 112 valence electrons. The number of nitrogens with one attached hydrogen (secondary N) is 1. The first-order valence-electron chi connectivity index (χ1n) is 7.61. The van der Waals surface area contributed by atoms with Crippen molar-refractivity contribution >= 4 is 0 Å². The Bertz CT molecular complexity index is 533. The standard InChI is InChI=1S/C19H24FN/c1-14(2)19(17-7-5-4-6-8-17)13-21-15(3)16-9-11-18(20)12-10-16/h4-12,14-15,19,21H,13H2,1-3H3/t15-,19?/m1/s1. The third-order valence-electron chi connectivity index (χ3n) is 4.05. The Kier molecular flexibility index (Phi) is 5.51. The van der Waals surface area contributed by atoms with Gasteiger partial charge in [-0.1, -0.05) is 56.3 Å². The molecule has 2 heteroatoms. The van der Waals surface area contributed by atoms with Crippen LogP contribution < -0.4 is 5.32 Å². The lowest BCUT2D eigenvalue weighted by atomic mass is 9.88. The molecule has 1 N–H and O–H groups in total. The Labute approximate surface area is 127 Å². The van der Waals surface area contributed by atoms with E-state index in [1.165, 1.54) is 17.7 Å². The third-order valence-corrected chi connectivity index (χ3v) is 4.05. The summed E-state index contributed by atoms with van der Waals surface area (Å²) < 4.78 is 13.0. The van der Waals surface area contributed by atoms with Crippen molar-refractivity contribution in [3.8, 4) is 0 Å². The van der Waals surface area contributed by atoms with E-state index < -0.39 is 0 Å². The van der Waals surface area contributed by atoms with E-state index in [0.29, 0.717) is 11.8 Å². The molecular weight excluding hydrogens is 261 g/mol. The van der Waals surface area contributed by atoms with Crippen LogP contribution in [0.3, 0.4) is 0 Å². The van der Waals surface area contributed by atoms with Gasteiger partial charge in [-0.25, -0.2) is 4.39 Å². The van der Waals surface area contributed by atoms with Crippen LogP contribution in [0.25, 0.3) is 0 Å². The zero-order valence-electron chi connectivity index (χ0n) is 13.0. The van der Waals surface area contributed by atoms with Crippen molar-refractivity contribution in [3.05, 3.63) is 71.5 Å². The van der Waals surface area contributed by atoms with Gasteiger partial charge in [0.25, 0.3) is 0 Å². The average Bonchev–Trinajstić information content (AvgIpc) is 2.48. The van der Waals surface area contributed by atoms with Crippen LogP contribution >= 0.6 is 0 Å². The summed E-state index contributed by atoms with van der Waals surface area (Å²) in [7, 11) is 0. The van der Waals surface area contributed by atoms with Gasteiger partial charge in [-0.05, 0) is 42.0 Å². The SMILES string of the molecule is CC(C)C(CN[C@H](C)c1ccc(F)cc1)c1ccccc1. The van der Waals surface area contributed by atoms with Crippen molar-refractivity contribution in [3.63, 3.8) is 0 Å². The molecule has 0 saturated heterocycles. The van der Waals surface area contributed by atoms with Crippen LogP contribution in [-0.2, 0) is 0 Å². The van der Waals surface area contributed by atoms with E-state index in [4.69, 9.17) is 0 Å². The lowest BCUT2D eigenvalue weighted by Gasteiger charge is -2.24. The molecule has 2 atom stereocenters. The van der Waals surface area contributed by atoms with E-state index >= 15 is 0 Å². The molecule has 0 spiro atoms. The maximum atomic E-state index is 13.0. The highest BCUT2D eigenvalue weighted by atomic mass is 19.1. The van der Waals surface area contributed by atoms with Crippen LogP contribution in [0.2, 0.25) is 0 Å². The molecule has 1 nitrogen and oxygen atoms in total. The Hall–Kier alpha value is -1.67. The minimum absolute atomic E-state index is 0.185. The maximum absolute atomic E-state index is 13.0. The summed E-state index contributed by atoms with van der Waals surface area (Å²) in [5.41, 5.74) is 2.48. The number of benzene rings is 2. The fourth-order valence-corrected chi connectivity index (χ4v) is 2.61. The Morgan fingerprint density at radius 3 is 2.05 bits per heavy atom. The maximum Gasteiger partial charge on any atom is 0.123 e. The number of halogens is 1. The molecule has 0 aliphatic heterocycles. The van der Waals surface area contributed by atoms with Crippen molar-refractivity contribution in [2.75, 3.05) is 6.54 Å². The highest BCUT2D eigenvalue weighted by Crippen LogP contribution is 2.24. The first-order valence-corrected chi connectivity index (χ1v) is 7.61. The first-order chi connectivity index (χ1) is 10.1. The lowest BCUT2D eigenvalue weighted by molar-refractivity contribution is 0.436. The van der Waals surface area contributed by atoms with E-state index in [1.54, 1.807) is 0 Å². The number of hydrogen-bond donors (Lipinski definition) is 1. The van der Waals surface area contributed by atoms with E-state index in [0.717, 1.165) is 12.1 Å². The van der Waals surface area contributed by atoms with Crippen LogP contribution in [-0.4, -0.2) is 6.54 Å². The Morgan fingerprint density at radius 1 is 0.857 bits per heavy atom. The second-order valence-electron chi connectivity index (χ2n) is 5.94. The molecule has 0 radical (unpaired) electrons. The van der Waals surface area contributed by atoms with Crippen LogP contribution in [0.15, 0.2) is 54.6 Å². The van der Waals surface area contributed by atoms with E-state index in [-0.39, 0.29) is 11.9 Å². The molecule has 0 heterocycles. The highest BCUT2D eigenvalue weighted by Gasteiger charge is 2.16. The van der Waals surface area contributed by atoms with Gasteiger partial charge >= 0.3 is 0 Å². The van der Waals surface area contributed by atoms with Crippen LogP contribution in [0, 0.1) is 11.7 Å². The van der Waals surface area contributed by atoms with Crippen LogP contribution in [0.4, 0.5) is 4.39 Å². The van der Waals surface area contributed by atoms with Crippen LogP contribution in [0.5, 0.6) is 0 Å². The molecule has 2 aromatic rings. The Morgan fingerprint density at radius 2 is 1.48 bits per heavy atom. The van der Waals surface area contributed by atoms with Crippen molar-refractivity contribution in [2.45, 2.75) is 32.7 Å². The topological polar surface area (TPSA) is 12.0 Å². The molecule has 1 unspecified atom stereocenters. The predicted molar refractivity (Wildman–Crippen MR) is 86.8 cm³/mol. The molecule has 0 fully saturated rings. The molecule has 2 aromatic carbocycles. The van der Waals surface area contributed by atoms with Gasteiger partial charge in [0, 0.05) is 12.6 Å². The summed E-state index contributed by atoms with van der Waals surface area (Å²) in [6, 6.07) is 17.6. The fourth-order valence-electron chi connectivity index (χ4n) is 2.61. The van der Waals surface area contributed by atoms with Crippen molar-refractivity contribution in [1.82, 2.24) is 5.32 Å². The minimum atomic E-state index is -0.185. The predicted octanol–water partition coefficient (Wildman–Crippen LogP) is 4.92. The summed E-state index contributed by atoms with van der Waals surface area (Å²) >= 11 is 0. The first kappa shape index (κ1) is 15.7. The monoisotopic (exact) mass is 285 g/mol. The highest BCUT2D eigenvalue weighted by molar-refractivity contribution is 5.22. The van der Waals surface area contributed by atoms with E-state index in [2.05, 4.69) is 56.4 Å². The van der Waals surface area contributed by atoms with E-state index in [1.807, 2.05) is 12.1 Å². The van der Waals surface area contributed by atoms with Gasteiger partial charge in [0.1, 0.15) is 5.82 Å². The second-order valence-corrected chi connectivity index (χ2v) is 5.94. The normalized spacial score (nSPS) is 14.1. The van der Waals surface area contributed by atoms with Crippen LogP contribution in [0.1, 0.15) is 43.9 Å². The molecule has 0 aliphatic rings. The molecule has 21 heavy (non-hydrogen) atoms. The van der Waals surface area contributed by atoms with Crippen molar-refractivity contribution < 1.29 is 4.39 Å². The largest absolute Gasteiger partial charge is 0.310 e. The molecule has 0 saturated carbocycles. The molecule has 0 aliphatic carbocycles. The summed E-state index contributed by atoms with van der Waals surface area (Å²) in [5.74, 6) is 0.865. The summed E-state index contributed by atoms with van der Waals surface area (Å²) in [4.78, 5) is 0. The molecular formula is C19H24FN. The average molecular weight is 285 g/mol. The number of rotatable bonds is 6. The smallest absolute Gasteiger partial charge is 0.123 e. The van der Waals surface area contributed by atoms with Crippen molar-refractivity contribution in [1.29, 1.82) is 0 Å². The molecule has 0 bridgehead atoms. The summed E-state index contributed by atoms with van der Waals surface area (Å²) in [6.07, 6.45) is 0. The quantitative estimate of drug-likeness (QED) is 0.794. The zero-order valence-corrected chi connectivity index (χ0v) is 13.0. The summed E-state index contributed by atoms with van der Waals surface area (Å²) in [5, 5.41) is 3.58. The fraction of sp³-hybridized carbons (Fsp3) is 0.368. The molecule has 0 aromatic heterocycles. The molecule has 0 amide bonds. The van der Waals surface area contributed by atoms with Gasteiger partial charge < -0.3 is 5.32 Å². The lowest BCUT2D eigenvalue weighted by Crippen LogP contribution is -2.27. The van der Waals surface area contributed by atoms with Gasteiger partial charge in [-0.15, -0.1) is 0 Å². The molecule has 2 rings (SSSR count). The van der Waals surface area contributed by atoms with E-state index in [9.17, 15) is 4.39 Å². The third kappa shape index (κ3) is 4.40. The van der Waals surface area contributed by atoms with Gasteiger partial charge in [0.2, 0.25) is 0 Å². The number of hydrogen-bond acceptors (Lipinski definition) is 1. The van der Waals surface area contributed by atoms with Gasteiger partial charge in [-0.3, -0.25) is 0 Å². The zero-order chi connectivity index (χ0) is 15.2. The second kappa shape index (κ2) is 7.37.